The number of β-amino-alcohol motifs (C(OH)–C–C–N with tert-alkyl or cyclic N) is 1. The maximum atomic E-state index is 9.99. The molecule has 1 fully saturated rings. The second kappa shape index (κ2) is 6.35. The molecule has 0 saturated carbocycles. The molecule has 19 heavy (non-hydrogen) atoms. The van der Waals surface area contributed by atoms with Crippen LogP contribution in [0.3, 0.4) is 0 Å². The average Bonchev–Trinajstić information content (AvgIpc) is 2.40. The zero-order valence-electron chi connectivity index (χ0n) is 12.2. The maximum absolute atomic E-state index is 9.99. The van der Waals surface area contributed by atoms with Gasteiger partial charge in [0.25, 0.3) is 0 Å². The molecule has 1 aliphatic heterocycles. The van der Waals surface area contributed by atoms with Gasteiger partial charge in [0.2, 0.25) is 0 Å². The van der Waals surface area contributed by atoms with Crippen molar-refractivity contribution in [1.29, 1.82) is 0 Å². The number of hydrogen-bond donors (Lipinski definition) is 2. The van der Waals surface area contributed by atoms with Gasteiger partial charge in [-0.15, -0.1) is 0 Å². The molecule has 1 aliphatic rings. The summed E-state index contributed by atoms with van der Waals surface area (Å²) in [6.45, 7) is 9.83. The topological polar surface area (TPSA) is 48.4 Å². The Hall–Kier alpha value is -1.13. The lowest BCUT2D eigenvalue weighted by atomic mass is 9.96. The molecule has 106 valence electrons. The van der Waals surface area contributed by atoms with E-state index < -0.39 is 0 Å². The van der Waals surface area contributed by atoms with E-state index in [0.717, 1.165) is 31.9 Å². The second-order valence-electron chi connectivity index (χ2n) is 5.54. The third-order valence-corrected chi connectivity index (χ3v) is 3.90. The lowest BCUT2D eigenvalue weighted by Crippen LogP contribution is -2.43. The van der Waals surface area contributed by atoms with Crippen LogP contribution in [0, 0.1) is 12.8 Å². The van der Waals surface area contributed by atoms with Crippen LogP contribution < -0.4 is 10.2 Å². The van der Waals surface area contributed by atoms with Crippen LogP contribution in [0.4, 0.5) is 5.82 Å². The molecule has 2 N–H and O–H groups in total. The van der Waals surface area contributed by atoms with Crippen LogP contribution in [0.5, 0.6) is 0 Å². The van der Waals surface area contributed by atoms with E-state index in [9.17, 15) is 5.11 Å². The lowest BCUT2D eigenvalue weighted by molar-refractivity contribution is 0.102. The van der Waals surface area contributed by atoms with Gasteiger partial charge in [0, 0.05) is 25.8 Å². The van der Waals surface area contributed by atoms with E-state index in [1.807, 2.05) is 6.20 Å². The highest BCUT2D eigenvalue weighted by molar-refractivity contribution is 5.48. The summed E-state index contributed by atoms with van der Waals surface area (Å²) in [6.07, 6.45) is 2.73. The third kappa shape index (κ3) is 3.45. The molecule has 4 nitrogen and oxygen atoms in total. The van der Waals surface area contributed by atoms with Gasteiger partial charge in [-0.05, 0) is 43.0 Å². The van der Waals surface area contributed by atoms with E-state index in [1.165, 1.54) is 11.1 Å². The van der Waals surface area contributed by atoms with Crippen molar-refractivity contribution in [3.05, 3.63) is 23.4 Å². The van der Waals surface area contributed by atoms with Crippen molar-refractivity contribution >= 4 is 5.82 Å². The second-order valence-corrected chi connectivity index (χ2v) is 5.54. The molecule has 0 radical (unpaired) electrons. The Balaban J connectivity index is 2.08. The van der Waals surface area contributed by atoms with Crippen LogP contribution in [0.1, 0.15) is 31.4 Å². The summed E-state index contributed by atoms with van der Waals surface area (Å²) < 4.78 is 0. The zero-order valence-corrected chi connectivity index (χ0v) is 12.2. The van der Waals surface area contributed by atoms with Gasteiger partial charge in [0.05, 0.1) is 6.10 Å². The lowest BCUT2D eigenvalue weighted by Gasteiger charge is -2.35. The molecule has 0 amide bonds. The molecule has 2 rings (SSSR count). The van der Waals surface area contributed by atoms with E-state index in [0.29, 0.717) is 12.5 Å². The first-order chi connectivity index (χ1) is 9.11. The Bertz CT molecular complexity index is 422. The predicted molar refractivity (Wildman–Crippen MR) is 78.4 cm³/mol. The van der Waals surface area contributed by atoms with E-state index in [2.05, 4.69) is 42.0 Å². The number of hydrogen-bond acceptors (Lipinski definition) is 4. The summed E-state index contributed by atoms with van der Waals surface area (Å²) in [5, 5.41) is 13.3. The number of nitrogens with one attached hydrogen (secondary N) is 1. The van der Waals surface area contributed by atoms with Gasteiger partial charge in [-0.2, -0.15) is 0 Å². The number of aryl methyl sites for hydroxylation is 1. The Morgan fingerprint density at radius 2 is 2.32 bits per heavy atom. The minimum Gasteiger partial charge on any atom is -0.391 e. The molecule has 2 unspecified atom stereocenters. The van der Waals surface area contributed by atoms with Gasteiger partial charge in [0.1, 0.15) is 5.82 Å². The summed E-state index contributed by atoms with van der Waals surface area (Å²) in [7, 11) is 0. The van der Waals surface area contributed by atoms with E-state index in [1.54, 1.807) is 0 Å². The van der Waals surface area contributed by atoms with Crippen molar-refractivity contribution in [3.8, 4) is 0 Å². The summed E-state index contributed by atoms with van der Waals surface area (Å²) in [4.78, 5) is 6.79. The summed E-state index contributed by atoms with van der Waals surface area (Å²) >= 11 is 0. The largest absolute Gasteiger partial charge is 0.391 e. The van der Waals surface area contributed by atoms with Crippen molar-refractivity contribution in [2.45, 2.75) is 39.8 Å². The first-order valence-corrected chi connectivity index (χ1v) is 7.21. The highest BCUT2D eigenvalue weighted by Crippen LogP contribution is 2.24. The van der Waals surface area contributed by atoms with Crippen LogP contribution in [0.15, 0.2) is 12.3 Å². The molecular formula is C15H25N3O. The van der Waals surface area contributed by atoms with Crippen molar-refractivity contribution in [2.75, 3.05) is 24.5 Å². The molecule has 2 heterocycles. The number of rotatable bonds is 4. The number of piperidine rings is 1. The molecule has 2 atom stereocenters. The Morgan fingerprint density at radius 1 is 1.53 bits per heavy atom. The zero-order chi connectivity index (χ0) is 13.8. The molecule has 4 heteroatoms. The molecule has 1 aromatic rings. The van der Waals surface area contributed by atoms with Gasteiger partial charge in [-0.3, -0.25) is 0 Å². The quantitative estimate of drug-likeness (QED) is 0.868. The SMILES string of the molecule is CCNCc1cnc(N2CCC(C)C(O)C2)c(C)c1. The monoisotopic (exact) mass is 263 g/mol. The van der Waals surface area contributed by atoms with E-state index >= 15 is 0 Å². The molecule has 0 aliphatic carbocycles. The number of aliphatic hydroxyl groups excluding tert-OH is 1. The smallest absolute Gasteiger partial charge is 0.131 e. The predicted octanol–water partition coefficient (Wildman–Crippen LogP) is 1.71. The molecule has 0 bridgehead atoms. The van der Waals surface area contributed by atoms with Crippen LogP contribution >= 0.6 is 0 Å². The highest BCUT2D eigenvalue weighted by Gasteiger charge is 2.25. The van der Waals surface area contributed by atoms with E-state index in [4.69, 9.17) is 0 Å². The van der Waals surface area contributed by atoms with E-state index in [-0.39, 0.29) is 6.10 Å². The van der Waals surface area contributed by atoms with Crippen LogP contribution in [0.25, 0.3) is 0 Å². The fourth-order valence-corrected chi connectivity index (χ4v) is 2.56. The Labute approximate surface area is 115 Å². The van der Waals surface area contributed by atoms with Crippen molar-refractivity contribution in [1.82, 2.24) is 10.3 Å². The Morgan fingerprint density at radius 3 is 2.95 bits per heavy atom. The van der Waals surface area contributed by atoms with Crippen molar-refractivity contribution in [3.63, 3.8) is 0 Å². The fourth-order valence-electron chi connectivity index (χ4n) is 2.56. The maximum Gasteiger partial charge on any atom is 0.131 e. The molecule has 1 saturated heterocycles. The highest BCUT2D eigenvalue weighted by atomic mass is 16.3. The first-order valence-electron chi connectivity index (χ1n) is 7.21. The van der Waals surface area contributed by atoms with Crippen LogP contribution in [-0.2, 0) is 6.54 Å². The first kappa shape index (κ1) is 14.3. The number of nitrogens with zero attached hydrogens (tertiary/aromatic N) is 2. The summed E-state index contributed by atoms with van der Waals surface area (Å²) in [6, 6.07) is 2.19. The van der Waals surface area contributed by atoms with Gasteiger partial charge < -0.3 is 15.3 Å². The fraction of sp³-hybridized carbons (Fsp3) is 0.667. The van der Waals surface area contributed by atoms with Gasteiger partial charge in [-0.1, -0.05) is 13.8 Å². The van der Waals surface area contributed by atoms with Crippen molar-refractivity contribution in [2.24, 2.45) is 5.92 Å². The number of aromatic nitrogens is 1. The molecule has 0 spiro atoms. The van der Waals surface area contributed by atoms with Crippen LogP contribution in [-0.4, -0.2) is 35.8 Å². The summed E-state index contributed by atoms with van der Waals surface area (Å²) in [5.74, 6) is 1.41. The average molecular weight is 263 g/mol. The van der Waals surface area contributed by atoms with Crippen molar-refractivity contribution < 1.29 is 5.11 Å². The summed E-state index contributed by atoms with van der Waals surface area (Å²) in [5.41, 5.74) is 2.41. The van der Waals surface area contributed by atoms with Crippen LogP contribution in [0.2, 0.25) is 0 Å². The van der Waals surface area contributed by atoms with Gasteiger partial charge >= 0.3 is 0 Å². The normalized spacial score (nSPS) is 23.7. The molecule has 0 aromatic carbocycles. The minimum absolute atomic E-state index is 0.239. The van der Waals surface area contributed by atoms with Gasteiger partial charge in [-0.25, -0.2) is 4.98 Å². The Kier molecular flexibility index (Phi) is 4.77. The number of aliphatic hydroxyl groups is 1. The number of anilines is 1. The third-order valence-electron chi connectivity index (χ3n) is 3.90. The standard InChI is InChI=1S/C15H25N3O/c1-4-16-8-13-7-12(3)15(17-9-13)18-6-5-11(2)14(19)10-18/h7,9,11,14,16,19H,4-6,8,10H2,1-3H3. The minimum atomic E-state index is -0.239. The van der Waals surface area contributed by atoms with Gasteiger partial charge in [0.15, 0.2) is 0 Å². The molecular weight excluding hydrogens is 238 g/mol. The molecule has 1 aromatic heterocycles. The number of pyridine rings is 1.